The van der Waals surface area contributed by atoms with Crippen LogP contribution in [-0.4, -0.2) is 35.0 Å². The van der Waals surface area contributed by atoms with Gasteiger partial charge in [-0.2, -0.15) is 14.0 Å². The Kier molecular flexibility index (Phi) is 13.3. The lowest BCUT2D eigenvalue weighted by Crippen LogP contribution is -2.58. The van der Waals surface area contributed by atoms with E-state index in [1.54, 1.807) is 0 Å². The minimum atomic E-state index is -4.69. The number of benzene rings is 2. The van der Waals surface area contributed by atoms with Crippen LogP contribution in [0, 0.1) is 16.2 Å². The van der Waals surface area contributed by atoms with E-state index >= 15 is 0 Å². The average Bonchev–Trinajstić information content (AvgIpc) is 2.84. The number of hydrogen-bond donors (Lipinski definition) is 1. The fourth-order valence-corrected chi connectivity index (χ4v) is 4.85. The second-order valence-electron chi connectivity index (χ2n) is 9.22. The molecule has 1 N–H and O–H groups in total. The summed E-state index contributed by atoms with van der Waals surface area (Å²) in [5.74, 6) is 2.44. The zero-order valence-corrected chi connectivity index (χ0v) is 21.9. The molecule has 6 nitrogen and oxygen atoms in total. The number of aliphatic imine (C=N–C) groups is 1. The van der Waals surface area contributed by atoms with E-state index < -0.39 is 10.2 Å². The lowest BCUT2D eigenvalue weighted by atomic mass is 9.76. The summed E-state index contributed by atoms with van der Waals surface area (Å²) in [6.45, 7) is 7.75. The van der Waals surface area contributed by atoms with Crippen molar-refractivity contribution < 1.29 is 28.9 Å². The Labute approximate surface area is 213 Å². The van der Waals surface area contributed by atoms with Crippen LogP contribution >= 0.6 is 0 Å². The Balaban J connectivity index is 0.000000784. The minimum Gasteiger partial charge on any atom is -0.361 e. The fraction of sp³-hybridized carbons (Fsp3) is 0.536. The number of nitrogens with zero attached hydrogens (tertiary/aromatic N) is 2. The molecule has 0 atom stereocenters. The summed E-state index contributed by atoms with van der Waals surface area (Å²) in [5.41, 5.74) is 2.91. The van der Waals surface area contributed by atoms with Crippen LogP contribution in [0.5, 0.6) is 0 Å². The van der Waals surface area contributed by atoms with Crippen LogP contribution in [0.15, 0.2) is 65.7 Å². The molecule has 0 unspecified atom stereocenters. The first-order valence-electron chi connectivity index (χ1n) is 12.8. The molecule has 3 rings (SSSR count). The Morgan fingerprint density at radius 1 is 0.886 bits per heavy atom. The number of likely N-dealkylation sites (tertiary alicyclic amines) is 1. The van der Waals surface area contributed by atoms with E-state index in [4.69, 9.17) is 23.6 Å². The Hall–Kier alpha value is -1.96. The van der Waals surface area contributed by atoms with Crippen molar-refractivity contribution in [3.8, 4) is 0 Å². The molecule has 0 aromatic heterocycles. The number of hydrogen-bond acceptors (Lipinski definition) is 5. The molecule has 0 bridgehead atoms. The van der Waals surface area contributed by atoms with Gasteiger partial charge in [0.2, 0.25) is 0 Å². The third kappa shape index (κ3) is 12.0. The predicted molar refractivity (Wildman–Crippen MR) is 133 cm³/mol. The highest BCUT2D eigenvalue weighted by atomic mass is 35.7. The van der Waals surface area contributed by atoms with Gasteiger partial charge in [-0.15, -0.1) is 0 Å². The molecule has 0 amide bonds. The van der Waals surface area contributed by atoms with Crippen LogP contribution in [0.4, 0.5) is 0 Å². The maximum Gasteiger partial charge on any atom is 0.0957 e. The van der Waals surface area contributed by atoms with E-state index in [1.807, 2.05) is 0 Å². The molecular formula is C28H41ClN2O4. The highest BCUT2D eigenvalue weighted by Gasteiger charge is 2.29. The molecule has 1 aliphatic heterocycles. The quantitative estimate of drug-likeness (QED) is 0.304. The van der Waals surface area contributed by atoms with Crippen molar-refractivity contribution in [2.75, 3.05) is 19.6 Å². The van der Waals surface area contributed by atoms with Gasteiger partial charge in [-0.3, -0.25) is 4.99 Å². The highest BCUT2D eigenvalue weighted by molar-refractivity contribution is 5.79. The molecule has 0 spiro atoms. The summed E-state index contributed by atoms with van der Waals surface area (Å²) in [5, 5.41) is 0. The molecule has 194 valence electrons. The maximum atomic E-state index is 8.60. The molecule has 1 aliphatic rings. The van der Waals surface area contributed by atoms with Crippen molar-refractivity contribution >= 4 is 5.84 Å². The first kappa shape index (κ1) is 29.3. The smallest absolute Gasteiger partial charge is 0.0957 e. The number of piperidine rings is 1. The number of amidine groups is 1. The zero-order chi connectivity index (χ0) is 25.5. The van der Waals surface area contributed by atoms with Gasteiger partial charge < -0.3 is 4.90 Å². The van der Waals surface area contributed by atoms with Crippen LogP contribution in [0.1, 0.15) is 82.3 Å². The molecule has 1 fully saturated rings. The maximum absolute atomic E-state index is 8.60. The van der Waals surface area contributed by atoms with Crippen molar-refractivity contribution in [1.82, 2.24) is 4.90 Å². The van der Waals surface area contributed by atoms with E-state index in [0.29, 0.717) is 11.8 Å². The molecule has 0 aliphatic carbocycles. The lowest BCUT2D eigenvalue weighted by molar-refractivity contribution is -1.92. The second-order valence-corrected chi connectivity index (χ2v) is 10.0. The molecule has 0 radical (unpaired) electrons. The SMILES string of the molecule is CCCCCCCCN=C(C)N1CCC(C(c2ccccc2)c2ccccc2)CC1.[O-][Cl+3]([O-])([O-])O. The monoisotopic (exact) mass is 504 g/mol. The van der Waals surface area contributed by atoms with Crippen molar-refractivity contribution in [1.29, 1.82) is 0 Å². The van der Waals surface area contributed by atoms with Gasteiger partial charge in [0.15, 0.2) is 0 Å². The molecular weight excluding hydrogens is 464 g/mol. The van der Waals surface area contributed by atoms with Gasteiger partial charge in [0, 0.05) is 25.6 Å². The number of rotatable bonds is 10. The van der Waals surface area contributed by atoms with E-state index in [-0.39, 0.29) is 0 Å². The van der Waals surface area contributed by atoms with Crippen LogP contribution in [0.2, 0.25) is 0 Å². The second kappa shape index (κ2) is 15.9. The van der Waals surface area contributed by atoms with Gasteiger partial charge in [0.1, 0.15) is 0 Å². The topological polar surface area (TPSA) is 105 Å². The Morgan fingerprint density at radius 3 is 1.83 bits per heavy atom. The van der Waals surface area contributed by atoms with Crippen molar-refractivity contribution in [3.63, 3.8) is 0 Å². The molecule has 0 saturated carbocycles. The Morgan fingerprint density at radius 2 is 1.34 bits per heavy atom. The largest absolute Gasteiger partial charge is 0.361 e. The number of unbranched alkanes of at least 4 members (excludes halogenated alkanes) is 5. The molecule has 35 heavy (non-hydrogen) atoms. The van der Waals surface area contributed by atoms with Gasteiger partial charge in [0.25, 0.3) is 0 Å². The molecule has 1 heterocycles. The summed E-state index contributed by atoms with van der Waals surface area (Å²) in [7, 11) is -4.69. The molecule has 2 aromatic carbocycles. The van der Waals surface area contributed by atoms with Crippen molar-refractivity contribution in [3.05, 3.63) is 71.8 Å². The zero-order valence-electron chi connectivity index (χ0n) is 21.2. The van der Waals surface area contributed by atoms with Gasteiger partial charge >= 0.3 is 0 Å². The molecule has 2 aromatic rings. The first-order valence-corrected chi connectivity index (χ1v) is 14.0. The van der Waals surface area contributed by atoms with Gasteiger partial charge in [-0.05, 0) is 43.2 Å². The summed E-state index contributed by atoms with van der Waals surface area (Å²) >= 11 is 0. The van der Waals surface area contributed by atoms with E-state index in [1.165, 1.54) is 68.3 Å². The summed E-state index contributed by atoms with van der Waals surface area (Å²) in [4.78, 5) is 7.41. The lowest BCUT2D eigenvalue weighted by Gasteiger charge is -2.37. The summed E-state index contributed by atoms with van der Waals surface area (Å²) in [6, 6.07) is 22.2. The average molecular weight is 505 g/mol. The van der Waals surface area contributed by atoms with E-state index in [2.05, 4.69) is 79.4 Å². The Bertz CT molecular complexity index is 790. The third-order valence-electron chi connectivity index (χ3n) is 6.64. The standard InChI is InChI=1S/C28H40N2.ClHO4/c1-3-4-5-6-7-14-21-29-24(2)30-22-19-27(20-23-30)28(25-15-10-8-11-16-25)26-17-12-9-13-18-26;2-1(3,4)5/h8-13,15-18,27-28H,3-7,14,19-23H2,1-2H3;(H,2,3,4,5). The first-order chi connectivity index (χ1) is 16.8. The van der Waals surface area contributed by atoms with Crippen LogP contribution in [-0.2, 0) is 0 Å². The van der Waals surface area contributed by atoms with Crippen molar-refractivity contribution in [2.24, 2.45) is 10.9 Å². The third-order valence-corrected chi connectivity index (χ3v) is 6.64. The molecule has 1 saturated heterocycles. The van der Waals surface area contributed by atoms with Gasteiger partial charge in [-0.1, -0.05) is 99.7 Å². The summed E-state index contributed by atoms with van der Waals surface area (Å²) in [6.07, 6.45) is 10.5. The van der Waals surface area contributed by atoms with E-state index in [9.17, 15) is 0 Å². The van der Waals surface area contributed by atoms with Crippen LogP contribution in [0.3, 0.4) is 0 Å². The number of halogens is 1. The minimum absolute atomic E-state index is 0.495. The van der Waals surface area contributed by atoms with Crippen molar-refractivity contribution in [2.45, 2.75) is 71.1 Å². The highest BCUT2D eigenvalue weighted by Crippen LogP contribution is 2.37. The normalized spacial score (nSPS) is 15.2. The van der Waals surface area contributed by atoms with Crippen LogP contribution in [0.25, 0.3) is 0 Å². The van der Waals surface area contributed by atoms with E-state index in [0.717, 1.165) is 19.6 Å². The van der Waals surface area contributed by atoms with Crippen LogP contribution < -0.4 is 14.0 Å². The van der Waals surface area contributed by atoms with Gasteiger partial charge in [-0.25, -0.2) is 0 Å². The molecule has 7 heteroatoms. The fourth-order valence-electron chi connectivity index (χ4n) is 4.85. The summed E-state index contributed by atoms with van der Waals surface area (Å²) < 4.78 is 32.7. The predicted octanol–water partition coefficient (Wildman–Crippen LogP) is 3.19. The van der Waals surface area contributed by atoms with Gasteiger partial charge in [0.05, 0.1) is 20.7 Å².